The Morgan fingerprint density at radius 1 is 1.04 bits per heavy atom. The molecule has 1 amide bonds. The molecule has 0 aliphatic rings. The van der Waals surface area contributed by atoms with Gasteiger partial charge in [0.15, 0.2) is 15.6 Å². The van der Waals surface area contributed by atoms with Gasteiger partial charge in [-0.05, 0) is 42.3 Å². The second-order valence-electron chi connectivity index (χ2n) is 6.44. The first-order valence-corrected chi connectivity index (χ1v) is 10.4. The molecule has 146 valence electrons. The van der Waals surface area contributed by atoms with Crippen LogP contribution in [-0.2, 0) is 22.1 Å². The third-order valence-electron chi connectivity index (χ3n) is 4.24. The fourth-order valence-corrected chi connectivity index (χ4v) is 3.93. The van der Waals surface area contributed by atoms with Gasteiger partial charge in [-0.1, -0.05) is 42.5 Å². The lowest BCUT2D eigenvalue weighted by molar-refractivity contribution is 0.0921. The summed E-state index contributed by atoms with van der Waals surface area (Å²) in [5.41, 5.74) is 1.67. The Labute approximate surface area is 163 Å². The van der Waals surface area contributed by atoms with Gasteiger partial charge in [-0.3, -0.25) is 4.79 Å². The van der Waals surface area contributed by atoms with Crippen LogP contribution in [-0.4, -0.2) is 19.4 Å². The maximum atomic E-state index is 12.4. The molecule has 0 saturated heterocycles. The molecular weight excluding hydrogens is 378 g/mol. The number of furan rings is 1. The second-order valence-corrected chi connectivity index (χ2v) is 8.43. The maximum Gasteiger partial charge on any atom is 0.287 e. The zero-order valence-corrected chi connectivity index (χ0v) is 16.1. The number of benzene rings is 2. The fraction of sp³-hybridized carbons (Fsp3) is 0.190. The van der Waals surface area contributed by atoms with Gasteiger partial charge >= 0.3 is 0 Å². The van der Waals surface area contributed by atoms with Crippen molar-refractivity contribution in [3.8, 4) is 0 Å². The number of nitrogens with one attached hydrogen (secondary N) is 1. The van der Waals surface area contributed by atoms with Crippen molar-refractivity contribution >= 4 is 15.7 Å². The minimum Gasteiger partial charge on any atom is -0.455 e. The number of rotatable bonds is 7. The maximum absolute atomic E-state index is 12.4. The van der Waals surface area contributed by atoms with E-state index in [0.29, 0.717) is 0 Å². The summed E-state index contributed by atoms with van der Waals surface area (Å²) < 4.78 is 30.2. The van der Waals surface area contributed by atoms with Crippen molar-refractivity contribution in [1.82, 2.24) is 5.32 Å². The molecule has 1 aromatic heterocycles. The van der Waals surface area contributed by atoms with Crippen LogP contribution in [0.2, 0.25) is 0 Å². The van der Waals surface area contributed by atoms with Gasteiger partial charge < -0.3 is 14.8 Å². The van der Waals surface area contributed by atoms with E-state index in [9.17, 15) is 18.3 Å². The minimum absolute atomic E-state index is 0.0545. The summed E-state index contributed by atoms with van der Waals surface area (Å²) in [5, 5.41) is 12.2. The van der Waals surface area contributed by atoms with E-state index in [1.54, 1.807) is 37.3 Å². The van der Waals surface area contributed by atoms with Crippen LogP contribution >= 0.6 is 0 Å². The standard InChI is InChI=1S/C21H21NO5S/c1-15(23)17-9-7-16(8-10-17)13-22-21(24)20-12-11-18(27-20)14-28(25,26)19-5-3-2-4-6-19/h2-12,15,23H,13-14H2,1H3,(H,22,24). The quantitative estimate of drug-likeness (QED) is 0.636. The van der Waals surface area contributed by atoms with Crippen LogP contribution in [0.4, 0.5) is 0 Å². The monoisotopic (exact) mass is 399 g/mol. The van der Waals surface area contributed by atoms with E-state index in [1.165, 1.54) is 24.3 Å². The van der Waals surface area contributed by atoms with E-state index in [4.69, 9.17) is 4.42 Å². The summed E-state index contributed by atoms with van der Waals surface area (Å²) in [6.07, 6.45) is -0.544. The van der Waals surface area contributed by atoms with Gasteiger partial charge in [0.05, 0.1) is 11.0 Å². The van der Waals surface area contributed by atoms with Crippen molar-refractivity contribution in [3.05, 3.63) is 89.4 Å². The van der Waals surface area contributed by atoms with Crippen molar-refractivity contribution in [2.75, 3.05) is 0 Å². The Morgan fingerprint density at radius 3 is 2.36 bits per heavy atom. The third kappa shape index (κ3) is 4.88. The summed E-state index contributed by atoms with van der Waals surface area (Å²) >= 11 is 0. The van der Waals surface area contributed by atoms with E-state index in [2.05, 4.69) is 5.32 Å². The van der Waals surface area contributed by atoms with Crippen LogP contribution < -0.4 is 5.32 Å². The number of aliphatic hydroxyl groups is 1. The van der Waals surface area contributed by atoms with Crippen molar-refractivity contribution in [1.29, 1.82) is 0 Å². The fourth-order valence-electron chi connectivity index (χ4n) is 2.66. The molecule has 0 aliphatic heterocycles. The van der Waals surface area contributed by atoms with E-state index in [-0.39, 0.29) is 28.7 Å². The Bertz CT molecular complexity index is 1040. The molecule has 0 aliphatic carbocycles. The summed E-state index contributed by atoms with van der Waals surface area (Å²) in [7, 11) is -3.54. The van der Waals surface area contributed by atoms with Gasteiger partial charge in [-0.25, -0.2) is 8.42 Å². The molecular formula is C21H21NO5S. The molecule has 28 heavy (non-hydrogen) atoms. The minimum atomic E-state index is -3.54. The SMILES string of the molecule is CC(O)c1ccc(CNC(=O)c2ccc(CS(=O)(=O)c3ccccc3)o2)cc1. The molecule has 6 nitrogen and oxygen atoms in total. The van der Waals surface area contributed by atoms with Gasteiger partial charge in [-0.15, -0.1) is 0 Å². The van der Waals surface area contributed by atoms with Gasteiger partial charge in [0.1, 0.15) is 11.5 Å². The first kappa shape index (κ1) is 19.9. The smallest absolute Gasteiger partial charge is 0.287 e. The summed E-state index contributed by atoms with van der Waals surface area (Å²) in [6, 6.07) is 18.3. The van der Waals surface area contributed by atoms with Crippen LogP contribution in [0, 0.1) is 0 Å². The molecule has 3 rings (SSSR count). The molecule has 0 radical (unpaired) electrons. The number of hydrogen-bond acceptors (Lipinski definition) is 5. The molecule has 7 heteroatoms. The van der Waals surface area contributed by atoms with Crippen molar-refractivity contribution in [2.45, 2.75) is 30.2 Å². The summed E-state index contributed by atoms with van der Waals surface area (Å²) in [5.74, 6) is -0.484. The number of hydrogen-bond donors (Lipinski definition) is 2. The lowest BCUT2D eigenvalue weighted by Gasteiger charge is -2.07. The zero-order chi connectivity index (χ0) is 20.1. The van der Waals surface area contributed by atoms with E-state index in [0.717, 1.165) is 11.1 Å². The van der Waals surface area contributed by atoms with Gasteiger partial charge in [-0.2, -0.15) is 0 Å². The number of carbonyl (C=O) groups is 1. The average molecular weight is 399 g/mol. The Hall–Kier alpha value is -2.90. The Balaban J connectivity index is 1.61. The number of amides is 1. The molecule has 1 unspecified atom stereocenters. The largest absolute Gasteiger partial charge is 0.455 e. The van der Waals surface area contributed by atoms with Crippen LogP contribution in [0.1, 0.15) is 40.5 Å². The molecule has 2 aromatic carbocycles. The number of sulfone groups is 1. The molecule has 0 bridgehead atoms. The predicted molar refractivity (Wildman–Crippen MR) is 104 cm³/mol. The highest BCUT2D eigenvalue weighted by molar-refractivity contribution is 7.90. The van der Waals surface area contributed by atoms with Gasteiger partial charge in [0, 0.05) is 6.54 Å². The first-order valence-electron chi connectivity index (χ1n) is 8.77. The van der Waals surface area contributed by atoms with Gasteiger partial charge in [0.2, 0.25) is 0 Å². The topological polar surface area (TPSA) is 96.6 Å². The lowest BCUT2D eigenvalue weighted by Crippen LogP contribution is -2.22. The van der Waals surface area contributed by atoms with E-state index < -0.39 is 21.8 Å². The molecule has 2 N–H and O–H groups in total. The third-order valence-corrected chi connectivity index (χ3v) is 5.89. The highest BCUT2D eigenvalue weighted by Crippen LogP contribution is 2.18. The van der Waals surface area contributed by atoms with E-state index >= 15 is 0 Å². The van der Waals surface area contributed by atoms with Crippen molar-refractivity contribution < 1.29 is 22.7 Å². The summed E-state index contributed by atoms with van der Waals surface area (Å²) in [6.45, 7) is 1.97. The van der Waals surface area contributed by atoms with Crippen LogP contribution in [0.5, 0.6) is 0 Å². The Morgan fingerprint density at radius 2 is 1.71 bits per heavy atom. The molecule has 0 spiro atoms. The second kappa shape index (κ2) is 8.41. The highest BCUT2D eigenvalue weighted by atomic mass is 32.2. The first-order chi connectivity index (χ1) is 13.3. The molecule has 0 saturated carbocycles. The molecule has 0 fully saturated rings. The zero-order valence-electron chi connectivity index (χ0n) is 15.3. The Kier molecular flexibility index (Phi) is 5.96. The number of carbonyl (C=O) groups excluding carboxylic acids is 1. The van der Waals surface area contributed by atoms with Crippen LogP contribution in [0.25, 0.3) is 0 Å². The van der Waals surface area contributed by atoms with Crippen LogP contribution in [0.3, 0.4) is 0 Å². The average Bonchev–Trinajstić information content (AvgIpc) is 3.15. The molecule has 3 aromatic rings. The highest BCUT2D eigenvalue weighted by Gasteiger charge is 2.19. The van der Waals surface area contributed by atoms with Crippen molar-refractivity contribution in [2.24, 2.45) is 0 Å². The number of aliphatic hydroxyl groups excluding tert-OH is 1. The summed E-state index contributed by atoms with van der Waals surface area (Å²) in [4.78, 5) is 12.5. The van der Waals surface area contributed by atoms with Crippen molar-refractivity contribution in [3.63, 3.8) is 0 Å². The predicted octanol–water partition coefficient (Wildman–Crippen LogP) is 3.24. The van der Waals surface area contributed by atoms with Gasteiger partial charge in [0.25, 0.3) is 5.91 Å². The molecule has 1 heterocycles. The van der Waals surface area contributed by atoms with E-state index in [1.807, 2.05) is 12.1 Å². The normalized spacial score (nSPS) is 12.5. The van der Waals surface area contributed by atoms with Crippen LogP contribution in [0.15, 0.2) is 76.0 Å². The lowest BCUT2D eigenvalue weighted by atomic mass is 10.1. The molecule has 1 atom stereocenters.